The number of hydrogen-bond acceptors (Lipinski definition) is 7. The van der Waals surface area contributed by atoms with Crippen molar-refractivity contribution < 1.29 is 9.84 Å². The maximum absolute atomic E-state index is 9.40. The predicted octanol–water partition coefficient (Wildman–Crippen LogP) is 1.61. The summed E-state index contributed by atoms with van der Waals surface area (Å²) in [5, 5.41) is 12.5. The normalized spacial score (nSPS) is 11.9. The summed E-state index contributed by atoms with van der Waals surface area (Å²) in [6, 6.07) is 5.52. The van der Waals surface area contributed by atoms with E-state index in [2.05, 4.69) is 27.2 Å². The van der Waals surface area contributed by atoms with Crippen molar-refractivity contribution in [3.8, 4) is 5.75 Å². The number of nitrogens with zero attached hydrogens (tertiary/aromatic N) is 3. The fourth-order valence-electron chi connectivity index (χ4n) is 1.98. The Bertz CT molecular complexity index is 579. The van der Waals surface area contributed by atoms with Crippen LogP contribution in [0.1, 0.15) is 25.5 Å². The average molecular weight is 303 g/mol. The van der Waals surface area contributed by atoms with Gasteiger partial charge in [0, 0.05) is 6.20 Å². The topological polar surface area (TPSA) is 106 Å². The molecule has 2 rings (SSSR count). The van der Waals surface area contributed by atoms with Gasteiger partial charge in [-0.05, 0) is 18.6 Å². The first kappa shape index (κ1) is 16.0. The van der Waals surface area contributed by atoms with Gasteiger partial charge in [-0.15, -0.1) is 0 Å². The van der Waals surface area contributed by atoms with Crippen LogP contribution in [0.4, 0.5) is 11.8 Å². The van der Waals surface area contributed by atoms with E-state index in [9.17, 15) is 5.11 Å². The van der Waals surface area contributed by atoms with Crippen molar-refractivity contribution in [3.05, 3.63) is 36.3 Å². The van der Waals surface area contributed by atoms with E-state index in [0.29, 0.717) is 18.2 Å². The highest BCUT2D eigenvalue weighted by Crippen LogP contribution is 2.24. The molecular formula is C15H21N5O2. The van der Waals surface area contributed by atoms with Crippen LogP contribution in [0, 0.1) is 0 Å². The molecule has 0 amide bonds. The number of aliphatic hydroxyl groups excluding tert-OH is 1. The fraction of sp³-hybridized carbons (Fsp3) is 0.400. The predicted molar refractivity (Wildman–Crippen MR) is 84.4 cm³/mol. The minimum absolute atomic E-state index is 0.0113. The van der Waals surface area contributed by atoms with E-state index in [1.165, 1.54) is 6.20 Å². The zero-order chi connectivity index (χ0) is 15.8. The highest BCUT2D eigenvalue weighted by atomic mass is 16.5. The molecule has 0 saturated heterocycles. The first-order chi connectivity index (χ1) is 10.7. The van der Waals surface area contributed by atoms with Gasteiger partial charge in [-0.25, -0.2) is 4.98 Å². The van der Waals surface area contributed by atoms with Crippen LogP contribution in [0.25, 0.3) is 0 Å². The monoisotopic (exact) mass is 303 g/mol. The summed E-state index contributed by atoms with van der Waals surface area (Å²) in [5.41, 5.74) is 6.44. The van der Waals surface area contributed by atoms with E-state index in [1.807, 2.05) is 18.2 Å². The Balaban J connectivity index is 2.09. The molecule has 0 radical (unpaired) electrons. The number of ether oxygens (including phenoxy) is 1. The minimum Gasteiger partial charge on any atom is -0.482 e. The van der Waals surface area contributed by atoms with E-state index < -0.39 is 0 Å². The molecule has 1 unspecified atom stereocenters. The van der Waals surface area contributed by atoms with Crippen molar-refractivity contribution in [2.45, 2.75) is 32.4 Å². The number of nitrogens with one attached hydrogen (secondary N) is 1. The number of aromatic nitrogens is 3. The second-order valence-electron chi connectivity index (χ2n) is 4.86. The van der Waals surface area contributed by atoms with Gasteiger partial charge >= 0.3 is 0 Å². The summed E-state index contributed by atoms with van der Waals surface area (Å²) in [6.07, 6.45) is 5.00. The van der Waals surface area contributed by atoms with Gasteiger partial charge in [-0.1, -0.05) is 19.4 Å². The molecule has 0 spiro atoms. The quantitative estimate of drug-likeness (QED) is 0.680. The van der Waals surface area contributed by atoms with Crippen LogP contribution in [-0.4, -0.2) is 32.7 Å². The van der Waals surface area contributed by atoms with Crippen molar-refractivity contribution in [3.63, 3.8) is 0 Å². The third kappa shape index (κ3) is 4.56. The summed E-state index contributed by atoms with van der Waals surface area (Å²) in [4.78, 5) is 12.3. The second kappa shape index (κ2) is 8.14. The number of nitrogen functional groups attached to an aromatic ring is 1. The fourth-order valence-corrected chi connectivity index (χ4v) is 1.98. The Labute approximate surface area is 129 Å². The Morgan fingerprint density at radius 3 is 2.91 bits per heavy atom. The molecule has 0 bridgehead atoms. The van der Waals surface area contributed by atoms with Crippen molar-refractivity contribution in [2.24, 2.45) is 0 Å². The number of hydrogen-bond donors (Lipinski definition) is 3. The van der Waals surface area contributed by atoms with Gasteiger partial charge in [0.1, 0.15) is 6.61 Å². The first-order valence-electron chi connectivity index (χ1n) is 7.25. The highest BCUT2D eigenvalue weighted by molar-refractivity contribution is 5.51. The van der Waals surface area contributed by atoms with E-state index in [-0.39, 0.29) is 18.6 Å². The number of aliphatic hydroxyl groups is 1. The summed E-state index contributed by atoms with van der Waals surface area (Å²) in [5.74, 6) is 1.12. The number of anilines is 2. The summed E-state index contributed by atoms with van der Waals surface area (Å²) in [7, 11) is 0. The van der Waals surface area contributed by atoms with E-state index in [0.717, 1.165) is 18.5 Å². The van der Waals surface area contributed by atoms with Gasteiger partial charge in [0.15, 0.2) is 11.6 Å². The van der Waals surface area contributed by atoms with E-state index in [1.54, 1.807) is 6.20 Å². The first-order valence-corrected chi connectivity index (χ1v) is 7.25. The van der Waals surface area contributed by atoms with Crippen LogP contribution >= 0.6 is 0 Å². The van der Waals surface area contributed by atoms with Gasteiger partial charge < -0.3 is 20.9 Å². The number of rotatable bonds is 8. The molecule has 0 fully saturated rings. The highest BCUT2D eigenvalue weighted by Gasteiger charge is 2.13. The molecule has 0 saturated carbocycles. The van der Waals surface area contributed by atoms with Gasteiger partial charge in [0.25, 0.3) is 0 Å². The Morgan fingerprint density at radius 1 is 1.36 bits per heavy atom. The van der Waals surface area contributed by atoms with Crippen molar-refractivity contribution in [2.75, 3.05) is 17.7 Å². The molecule has 2 heterocycles. The lowest BCUT2D eigenvalue weighted by Gasteiger charge is -2.18. The molecular weight excluding hydrogens is 282 g/mol. The lowest BCUT2D eigenvalue weighted by Crippen LogP contribution is -2.24. The van der Waals surface area contributed by atoms with Gasteiger partial charge in [-0.3, -0.25) is 4.98 Å². The minimum atomic E-state index is -0.100. The molecule has 7 nitrogen and oxygen atoms in total. The Kier molecular flexibility index (Phi) is 5.91. The lowest BCUT2D eigenvalue weighted by atomic mass is 10.2. The average Bonchev–Trinajstić information content (AvgIpc) is 2.54. The zero-order valence-electron chi connectivity index (χ0n) is 12.6. The van der Waals surface area contributed by atoms with Crippen molar-refractivity contribution >= 4 is 11.8 Å². The molecule has 0 aliphatic heterocycles. The molecule has 0 aliphatic rings. The van der Waals surface area contributed by atoms with Crippen LogP contribution in [-0.2, 0) is 6.61 Å². The Morgan fingerprint density at radius 2 is 2.23 bits per heavy atom. The third-order valence-electron chi connectivity index (χ3n) is 3.07. The largest absolute Gasteiger partial charge is 0.482 e. The smallest absolute Gasteiger partial charge is 0.222 e. The van der Waals surface area contributed by atoms with Crippen LogP contribution in [0.5, 0.6) is 5.75 Å². The SMILES string of the molecule is CCCC(CO)Nc1nc(N)ncc1OCc1ccccn1. The molecule has 2 aromatic rings. The third-order valence-corrected chi connectivity index (χ3v) is 3.07. The van der Waals surface area contributed by atoms with Crippen LogP contribution in [0.2, 0.25) is 0 Å². The van der Waals surface area contributed by atoms with Crippen LogP contribution in [0.3, 0.4) is 0 Å². The molecule has 7 heteroatoms. The molecule has 2 aromatic heterocycles. The van der Waals surface area contributed by atoms with Crippen LogP contribution < -0.4 is 15.8 Å². The van der Waals surface area contributed by atoms with E-state index >= 15 is 0 Å². The Hall–Kier alpha value is -2.41. The molecule has 118 valence electrons. The lowest BCUT2D eigenvalue weighted by molar-refractivity contribution is 0.266. The molecule has 0 aromatic carbocycles. The number of nitrogens with two attached hydrogens (primary N) is 1. The summed E-state index contributed by atoms with van der Waals surface area (Å²) < 4.78 is 5.71. The van der Waals surface area contributed by atoms with Crippen molar-refractivity contribution in [1.82, 2.24) is 15.0 Å². The standard InChI is InChI=1S/C15H21N5O2/c1-2-5-11(9-21)19-14-13(8-18-15(16)20-14)22-10-12-6-3-4-7-17-12/h3-4,6-8,11,21H,2,5,9-10H2,1H3,(H3,16,18,19,20). The maximum Gasteiger partial charge on any atom is 0.222 e. The van der Waals surface area contributed by atoms with Crippen LogP contribution in [0.15, 0.2) is 30.6 Å². The summed E-state index contributed by atoms with van der Waals surface area (Å²) in [6.45, 7) is 2.37. The zero-order valence-corrected chi connectivity index (χ0v) is 12.6. The van der Waals surface area contributed by atoms with E-state index in [4.69, 9.17) is 10.5 Å². The second-order valence-corrected chi connectivity index (χ2v) is 4.86. The van der Waals surface area contributed by atoms with Gasteiger partial charge in [0.05, 0.1) is 24.5 Å². The van der Waals surface area contributed by atoms with Gasteiger partial charge in [0.2, 0.25) is 5.95 Å². The van der Waals surface area contributed by atoms with Crippen molar-refractivity contribution in [1.29, 1.82) is 0 Å². The molecule has 22 heavy (non-hydrogen) atoms. The maximum atomic E-state index is 9.40. The molecule has 0 aliphatic carbocycles. The molecule has 1 atom stereocenters. The summed E-state index contributed by atoms with van der Waals surface area (Å²) >= 11 is 0. The van der Waals surface area contributed by atoms with Gasteiger partial charge in [-0.2, -0.15) is 4.98 Å². The molecule has 4 N–H and O–H groups in total. The number of pyridine rings is 1.